The number of hydrogen-bond donors (Lipinski definition) is 0. The van der Waals surface area contributed by atoms with Crippen LogP contribution in [0.1, 0.15) is 5.56 Å². The number of halogens is 4. The molecule has 0 saturated heterocycles. The summed E-state index contributed by atoms with van der Waals surface area (Å²) in [6.07, 6.45) is -3.14. The van der Waals surface area contributed by atoms with Crippen molar-refractivity contribution < 1.29 is 17.9 Å². The molecule has 1 aromatic carbocycles. The molecular weight excluding hydrogens is 315 g/mol. The number of rotatable bonds is 3. The molecule has 0 spiro atoms. The number of alkyl halides is 3. The summed E-state index contributed by atoms with van der Waals surface area (Å²) < 4.78 is 40.2. The number of hydrogen-bond acceptors (Lipinski definition) is 3. The molecule has 0 aliphatic heterocycles. The lowest BCUT2D eigenvalue weighted by molar-refractivity contribution is -0.274. The van der Waals surface area contributed by atoms with Gasteiger partial charge in [0.05, 0.1) is 12.7 Å². The van der Waals surface area contributed by atoms with E-state index < -0.39 is 6.36 Å². The van der Waals surface area contributed by atoms with Crippen LogP contribution >= 0.6 is 15.9 Å². The Morgan fingerprint density at radius 2 is 1.89 bits per heavy atom. The standard InChI is InChI=1S/C10H7BrF3N3O/c11-9-5-15-17(16-9)6-7-1-3-8(4-2-7)18-10(12,13)14/h1-5H,6H2. The van der Waals surface area contributed by atoms with Crippen molar-refractivity contribution in [2.45, 2.75) is 12.9 Å². The SMILES string of the molecule is FC(F)(F)Oc1ccc(Cn2ncc(Br)n2)cc1. The lowest BCUT2D eigenvalue weighted by atomic mass is 10.2. The predicted molar refractivity (Wildman–Crippen MR) is 59.9 cm³/mol. The van der Waals surface area contributed by atoms with Crippen LogP contribution in [0.4, 0.5) is 13.2 Å². The van der Waals surface area contributed by atoms with Gasteiger partial charge in [0, 0.05) is 0 Å². The van der Waals surface area contributed by atoms with Gasteiger partial charge in [0.2, 0.25) is 0 Å². The zero-order valence-corrected chi connectivity index (χ0v) is 10.4. The minimum atomic E-state index is -4.67. The highest BCUT2D eigenvalue weighted by Gasteiger charge is 2.30. The Bertz CT molecular complexity index is 524. The van der Waals surface area contributed by atoms with Gasteiger partial charge in [-0.05, 0) is 33.6 Å². The molecule has 2 aromatic rings. The Hall–Kier alpha value is -1.57. The third-order valence-corrected chi connectivity index (χ3v) is 2.35. The maximum atomic E-state index is 11.9. The van der Waals surface area contributed by atoms with E-state index in [4.69, 9.17) is 0 Å². The van der Waals surface area contributed by atoms with Crippen molar-refractivity contribution in [2.24, 2.45) is 0 Å². The zero-order valence-electron chi connectivity index (χ0n) is 8.86. The maximum absolute atomic E-state index is 11.9. The normalized spacial score (nSPS) is 11.6. The van der Waals surface area contributed by atoms with Gasteiger partial charge in [-0.25, -0.2) is 0 Å². The Morgan fingerprint density at radius 3 is 2.39 bits per heavy atom. The highest BCUT2D eigenvalue weighted by Crippen LogP contribution is 2.22. The first kappa shape index (κ1) is 12.9. The van der Waals surface area contributed by atoms with E-state index in [0.29, 0.717) is 11.1 Å². The second-order valence-corrected chi connectivity index (χ2v) is 4.20. The largest absolute Gasteiger partial charge is 0.573 e. The lowest BCUT2D eigenvalue weighted by Gasteiger charge is -2.09. The summed E-state index contributed by atoms with van der Waals surface area (Å²) in [6, 6.07) is 5.55. The monoisotopic (exact) mass is 321 g/mol. The van der Waals surface area contributed by atoms with E-state index in [-0.39, 0.29) is 5.75 Å². The minimum Gasteiger partial charge on any atom is -0.406 e. The molecule has 0 amide bonds. The molecule has 18 heavy (non-hydrogen) atoms. The molecule has 0 unspecified atom stereocenters. The van der Waals surface area contributed by atoms with Crippen LogP contribution in [0, 0.1) is 0 Å². The van der Waals surface area contributed by atoms with Gasteiger partial charge in [0.15, 0.2) is 0 Å². The van der Waals surface area contributed by atoms with E-state index >= 15 is 0 Å². The fourth-order valence-electron chi connectivity index (χ4n) is 1.31. The Morgan fingerprint density at radius 1 is 1.22 bits per heavy atom. The minimum absolute atomic E-state index is 0.249. The van der Waals surface area contributed by atoms with Crippen molar-refractivity contribution in [3.8, 4) is 5.75 Å². The van der Waals surface area contributed by atoms with Crippen LogP contribution in [-0.2, 0) is 6.54 Å². The van der Waals surface area contributed by atoms with E-state index in [1.165, 1.54) is 35.3 Å². The van der Waals surface area contributed by atoms with Gasteiger partial charge in [0.25, 0.3) is 0 Å². The quantitative estimate of drug-likeness (QED) is 0.872. The van der Waals surface area contributed by atoms with E-state index in [1.807, 2.05) is 0 Å². The predicted octanol–water partition coefficient (Wildman–Crippen LogP) is 2.99. The summed E-state index contributed by atoms with van der Waals surface area (Å²) in [7, 11) is 0. The van der Waals surface area contributed by atoms with Crippen molar-refractivity contribution in [1.29, 1.82) is 0 Å². The molecule has 8 heteroatoms. The molecule has 0 atom stereocenters. The van der Waals surface area contributed by atoms with Crippen LogP contribution in [0.25, 0.3) is 0 Å². The van der Waals surface area contributed by atoms with Crippen LogP contribution in [0.5, 0.6) is 5.75 Å². The number of benzene rings is 1. The summed E-state index contributed by atoms with van der Waals surface area (Å²) in [5, 5.41) is 7.94. The van der Waals surface area contributed by atoms with Gasteiger partial charge in [-0.3, -0.25) is 0 Å². The van der Waals surface area contributed by atoms with Gasteiger partial charge < -0.3 is 4.74 Å². The van der Waals surface area contributed by atoms with Crippen molar-refractivity contribution in [2.75, 3.05) is 0 Å². The first-order chi connectivity index (χ1) is 8.42. The average molecular weight is 322 g/mol. The van der Waals surface area contributed by atoms with E-state index in [2.05, 4.69) is 30.9 Å². The first-order valence-electron chi connectivity index (χ1n) is 4.83. The van der Waals surface area contributed by atoms with Crippen molar-refractivity contribution >= 4 is 15.9 Å². The van der Waals surface area contributed by atoms with Gasteiger partial charge in [-0.15, -0.1) is 18.3 Å². The summed E-state index contributed by atoms with van der Waals surface area (Å²) in [5.74, 6) is -0.249. The van der Waals surface area contributed by atoms with E-state index in [1.54, 1.807) is 0 Å². The second kappa shape index (κ2) is 4.97. The smallest absolute Gasteiger partial charge is 0.406 e. The van der Waals surface area contributed by atoms with E-state index in [0.717, 1.165) is 5.56 Å². The number of nitrogens with zero attached hydrogens (tertiary/aromatic N) is 3. The summed E-state index contributed by atoms with van der Waals surface area (Å²) in [4.78, 5) is 1.42. The molecule has 0 N–H and O–H groups in total. The third-order valence-electron chi connectivity index (χ3n) is 1.99. The summed E-state index contributed by atoms with van der Waals surface area (Å²) in [6.45, 7) is 0.373. The Kier molecular flexibility index (Phi) is 3.55. The molecule has 0 radical (unpaired) electrons. The molecule has 0 bridgehead atoms. The summed E-state index contributed by atoms with van der Waals surface area (Å²) >= 11 is 3.15. The molecule has 0 aliphatic carbocycles. The summed E-state index contributed by atoms with van der Waals surface area (Å²) in [5.41, 5.74) is 0.771. The highest BCUT2D eigenvalue weighted by molar-refractivity contribution is 9.10. The maximum Gasteiger partial charge on any atom is 0.573 e. The number of ether oxygens (including phenoxy) is 1. The van der Waals surface area contributed by atoms with E-state index in [9.17, 15) is 13.2 Å². The van der Waals surface area contributed by atoms with Gasteiger partial charge >= 0.3 is 6.36 Å². The van der Waals surface area contributed by atoms with Crippen LogP contribution in [-0.4, -0.2) is 21.4 Å². The van der Waals surface area contributed by atoms with Crippen molar-refractivity contribution in [1.82, 2.24) is 15.0 Å². The van der Waals surface area contributed by atoms with Gasteiger partial charge in [-0.1, -0.05) is 12.1 Å². The average Bonchev–Trinajstić information content (AvgIpc) is 2.65. The van der Waals surface area contributed by atoms with Gasteiger partial charge in [-0.2, -0.15) is 9.90 Å². The molecule has 0 aliphatic rings. The molecule has 96 valence electrons. The van der Waals surface area contributed by atoms with Crippen LogP contribution in [0.15, 0.2) is 35.1 Å². The van der Waals surface area contributed by atoms with Crippen LogP contribution in [0.2, 0.25) is 0 Å². The zero-order chi connectivity index (χ0) is 13.2. The van der Waals surface area contributed by atoms with Crippen molar-refractivity contribution in [3.05, 3.63) is 40.6 Å². The Balaban J connectivity index is 2.04. The third kappa shape index (κ3) is 3.73. The molecule has 2 rings (SSSR count). The molecular formula is C10H7BrF3N3O. The fourth-order valence-corrected chi connectivity index (χ4v) is 1.59. The molecule has 1 aromatic heterocycles. The second-order valence-electron chi connectivity index (χ2n) is 3.39. The molecule has 0 fully saturated rings. The van der Waals surface area contributed by atoms with Gasteiger partial charge in [0.1, 0.15) is 10.4 Å². The highest BCUT2D eigenvalue weighted by atomic mass is 79.9. The van der Waals surface area contributed by atoms with Crippen LogP contribution < -0.4 is 4.74 Å². The molecule has 4 nitrogen and oxygen atoms in total. The molecule has 0 saturated carbocycles. The number of aromatic nitrogens is 3. The fraction of sp³-hybridized carbons (Fsp3) is 0.200. The Labute approximate surface area is 108 Å². The first-order valence-corrected chi connectivity index (χ1v) is 5.62. The topological polar surface area (TPSA) is 39.9 Å². The van der Waals surface area contributed by atoms with Crippen molar-refractivity contribution in [3.63, 3.8) is 0 Å². The molecule has 1 heterocycles. The van der Waals surface area contributed by atoms with Crippen LogP contribution in [0.3, 0.4) is 0 Å². The lowest BCUT2D eigenvalue weighted by Crippen LogP contribution is -2.17.